The first kappa shape index (κ1) is 14.0. The Labute approximate surface area is 136 Å². The molecule has 4 nitrogen and oxygen atoms in total. The van der Waals surface area contributed by atoms with Gasteiger partial charge in [0.15, 0.2) is 0 Å². The summed E-state index contributed by atoms with van der Waals surface area (Å²) in [6, 6.07) is 15.7. The van der Waals surface area contributed by atoms with Crippen molar-refractivity contribution in [3.8, 4) is 0 Å². The van der Waals surface area contributed by atoms with Crippen LogP contribution in [0.25, 0.3) is 21.1 Å². The monoisotopic (exact) mass is 322 g/mol. The summed E-state index contributed by atoms with van der Waals surface area (Å²) in [5.74, 6) is -0.315. The SMILES string of the molecule is Cc1cn(OC(=O)Cc2nc3ccccc3s2)c2ccccc12. The Morgan fingerprint density at radius 3 is 2.83 bits per heavy atom. The Hall–Kier alpha value is -2.66. The van der Waals surface area contributed by atoms with Gasteiger partial charge in [0.1, 0.15) is 11.4 Å². The molecule has 0 aliphatic heterocycles. The zero-order valence-electron chi connectivity index (χ0n) is 12.5. The molecule has 5 heteroatoms. The van der Waals surface area contributed by atoms with Crippen LogP contribution in [-0.2, 0) is 11.2 Å². The highest BCUT2D eigenvalue weighted by molar-refractivity contribution is 7.18. The third kappa shape index (κ3) is 2.59. The fraction of sp³-hybridized carbons (Fsp3) is 0.111. The Morgan fingerprint density at radius 2 is 1.96 bits per heavy atom. The molecule has 0 amide bonds. The molecule has 0 atom stereocenters. The summed E-state index contributed by atoms with van der Waals surface area (Å²) in [6.07, 6.45) is 2.01. The van der Waals surface area contributed by atoms with E-state index in [2.05, 4.69) is 4.98 Å². The molecule has 4 aromatic rings. The summed E-state index contributed by atoms with van der Waals surface area (Å²) in [5.41, 5.74) is 2.89. The highest BCUT2D eigenvalue weighted by Gasteiger charge is 2.13. The summed E-state index contributed by atoms with van der Waals surface area (Å²) in [4.78, 5) is 22.2. The number of hydrogen-bond donors (Lipinski definition) is 0. The van der Waals surface area contributed by atoms with E-state index < -0.39 is 0 Å². The second-order valence-corrected chi connectivity index (χ2v) is 6.49. The maximum Gasteiger partial charge on any atom is 0.339 e. The van der Waals surface area contributed by atoms with Crippen LogP contribution in [0.5, 0.6) is 0 Å². The van der Waals surface area contributed by atoms with Crippen molar-refractivity contribution < 1.29 is 9.63 Å². The molecule has 0 fully saturated rings. The summed E-state index contributed by atoms with van der Waals surface area (Å²) in [6.45, 7) is 2.00. The van der Waals surface area contributed by atoms with Crippen LogP contribution in [0.2, 0.25) is 0 Å². The molecule has 2 aromatic heterocycles. The number of thiazole rings is 1. The van der Waals surface area contributed by atoms with Crippen LogP contribution in [0.3, 0.4) is 0 Å². The van der Waals surface area contributed by atoms with Gasteiger partial charge in [0.05, 0.1) is 15.7 Å². The normalized spacial score (nSPS) is 11.2. The first-order valence-corrected chi connectivity index (χ1v) is 8.15. The van der Waals surface area contributed by atoms with Gasteiger partial charge in [-0.3, -0.25) is 0 Å². The molecular formula is C18H14N2O2S. The number of fused-ring (bicyclic) bond motifs is 2. The van der Waals surface area contributed by atoms with E-state index in [1.54, 1.807) is 4.73 Å². The molecule has 0 N–H and O–H groups in total. The molecule has 4 rings (SSSR count). The number of carbonyl (C=O) groups is 1. The standard InChI is InChI=1S/C18H14N2O2S/c1-12-11-20(15-8-4-2-6-13(12)15)22-18(21)10-17-19-14-7-3-5-9-16(14)23-17/h2-9,11H,10H2,1H3. The number of carbonyl (C=O) groups excluding carboxylic acids is 1. The van der Waals surface area contributed by atoms with Crippen molar-refractivity contribution in [3.63, 3.8) is 0 Å². The Bertz CT molecular complexity index is 983. The Morgan fingerprint density at radius 1 is 1.17 bits per heavy atom. The van der Waals surface area contributed by atoms with Crippen molar-refractivity contribution in [3.05, 3.63) is 65.3 Å². The van der Waals surface area contributed by atoms with E-state index in [0.29, 0.717) is 0 Å². The minimum absolute atomic E-state index is 0.172. The van der Waals surface area contributed by atoms with Gasteiger partial charge >= 0.3 is 5.97 Å². The number of rotatable bonds is 3. The van der Waals surface area contributed by atoms with Crippen molar-refractivity contribution >= 4 is 38.4 Å². The fourth-order valence-corrected chi connectivity index (χ4v) is 3.60. The molecular weight excluding hydrogens is 308 g/mol. The van der Waals surface area contributed by atoms with E-state index in [4.69, 9.17) is 4.84 Å². The molecule has 0 unspecified atom stereocenters. The maximum atomic E-state index is 12.2. The maximum absolute atomic E-state index is 12.2. The van der Waals surface area contributed by atoms with Crippen molar-refractivity contribution in [1.29, 1.82) is 0 Å². The van der Waals surface area contributed by atoms with Gasteiger partial charge in [0, 0.05) is 11.6 Å². The molecule has 0 spiro atoms. The number of aromatic nitrogens is 2. The number of nitrogens with zero attached hydrogens (tertiary/aromatic N) is 2. The van der Waals surface area contributed by atoms with Crippen molar-refractivity contribution in [2.45, 2.75) is 13.3 Å². The number of para-hydroxylation sites is 2. The molecule has 114 valence electrons. The molecule has 0 saturated heterocycles. The predicted molar refractivity (Wildman–Crippen MR) is 91.6 cm³/mol. The van der Waals surface area contributed by atoms with Crippen LogP contribution in [-0.4, -0.2) is 15.7 Å². The third-order valence-electron chi connectivity index (χ3n) is 3.71. The highest BCUT2D eigenvalue weighted by Crippen LogP contribution is 2.22. The summed E-state index contributed by atoms with van der Waals surface area (Å²) < 4.78 is 2.62. The van der Waals surface area contributed by atoms with Crippen LogP contribution in [0.1, 0.15) is 10.6 Å². The molecule has 2 aromatic carbocycles. The van der Waals surface area contributed by atoms with Gasteiger partial charge in [-0.2, -0.15) is 4.73 Å². The summed E-state index contributed by atoms with van der Waals surface area (Å²) in [5, 5.41) is 1.85. The van der Waals surface area contributed by atoms with Gasteiger partial charge in [0.25, 0.3) is 0 Å². The van der Waals surface area contributed by atoms with E-state index in [1.165, 1.54) is 11.3 Å². The largest absolute Gasteiger partial charge is 0.339 e. The fourth-order valence-electron chi connectivity index (χ4n) is 2.65. The summed E-state index contributed by atoms with van der Waals surface area (Å²) in [7, 11) is 0. The predicted octanol–water partition coefficient (Wildman–Crippen LogP) is 3.76. The van der Waals surface area contributed by atoms with Crippen LogP contribution < -0.4 is 4.84 Å². The highest BCUT2D eigenvalue weighted by atomic mass is 32.1. The van der Waals surface area contributed by atoms with Gasteiger partial charge in [-0.15, -0.1) is 11.3 Å². The lowest BCUT2D eigenvalue weighted by Crippen LogP contribution is -2.20. The number of benzene rings is 2. The van der Waals surface area contributed by atoms with E-state index in [1.807, 2.05) is 61.7 Å². The molecule has 0 saturated carbocycles. The first-order chi connectivity index (χ1) is 11.2. The molecule has 23 heavy (non-hydrogen) atoms. The average molecular weight is 322 g/mol. The van der Waals surface area contributed by atoms with Crippen LogP contribution in [0, 0.1) is 6.92 Å². The number of hydrogen-bond acceptors (Lipinski definition) is 4. The third-order valence-corrected chi connectivity index (χ3v) is 4.75. The van der Waals surface area contributed by atoms with E-state index in [0.717, 1.165) is 31.7 Å². The first-order valence-electron chi connectivity index (χ1n) is 7.33. The van der Waals surface area contributed by atoms with Crippen LogP contribution in [0.15, 0.2) is 54.7 Å². The topological polar surface area (TPSA) is 44.1 Å². The van der Waals surface area contributed by atoms with Crippen LogP contribution in [0.4, 0.5) is 0 Å². The van der Waals surface area contributed by atoms with E-state index in [9.17, 15) is 4.79 Å². The van der Waals surface area contributed by atoms with Gasteiger partial charge in [0.2, 0.25) is 0 Å². The molecule has 0 aliphatic carbocycles. The molecule has 0 aliphatic rings. The minimum atomic E-state index is -0.315. The molecule has 2 heterocycles. The summed E-state index contributed by atoms with van der Waals surface area (Å²) >= 11 is 1.52. The number of aryl methyl sites for hydroxylation is 1. The van der Waals surface area contributed by atoms with E-state index >= 15 is 0 Å². The zero-order chi connectivity index (χ0) is 15.8. The Balaban J connectivity index is 1.57. The van der Waals surface area contributed by atoms with Gasteiger partial charge in [-0.05, 0) is 30.7 Å². The zero-order valence-corrected chi connectivity index (χ0v) is 13.3. The lowest BCUT2D eigenvalue weighted by atomic mass is 10.2. The minimum Gasteiger partial charge on any atom is -0.336 e. The lowest BCUT2D eigenvalue weighted by molar-refractivity contribution is -0.142. The smallest absolute Gasteiger partial charge is 0.336 e. The lowest BCUT2D eigenvalue weighted by Gasteiger charge is -2.04. The van der Waals surface area contributed by atoms with Crippen molar-refractivity contribution in [2.24, 2.45) is 0 Å². The average Bonchev–Trinajstić information content (AvgIpc) is 3.09. The quantitative estimate of drug-likeness (QED) is 0.577. The van der Waals surface area contributed by atoms with Crippen molar-refractivity contribution in [2.75, 3.05) is 0 Å². The van der Waals surface area contributed by atoms with Gasteiger partial charge in [-0.1, -0.05) is 30.3 Å². The molecule has 0 radical (unpaired) electrons. The van der Waals surface area contributed by atoms with Gasteiger partial charge in [-0.25, -0.2) is 9.78 Å². The molecule has 0 bridgehead atoms. The van der Waals surface area contributed by atoms with Crippen LogP contribution >= 0.6 is 11.3 Å². The van der Waals surface area contributed by atoms with Gasteiger partial charge < -0.3 is 4.84 Å². The van der Waals surface area contributed by atoms with E-state index in [-0.39, 0.29) is 12.4 Å². The Kier molecular flexibility index (Phi) is 3.35. The second kappa shape index (κ2) is 5.52. The second-order valence-electron chi connectivity index (χ2n) is 5.37. The van der Waals surface area contributed by atoms with Crippen molar-refractivity contribution in [1.82, 2.24) is 9.71 Å².